The van der Waals surface area contributed by atoms with Crippen molar-refractivity contribution in [3.05, 3.63) is 107 Å². The van der Waals surface area contributed by atoms with E-state index in [1.807, 2.05) is 19.1 Å². The summed E-state index contributed by atoms with van der Waals surface area (Å²) in [7, 11) is 1.55. The van der Waals surface area contributed by atoms with Gasteiger partial charge in [0.1, 0.15) is 64.9 Å². The molecule has 0 spiro atoms. The molecular formula is C67H91FN14O19. The van der Waals surface area contributed by atoms with Crippen LogP contribution in [-0.2, 0) is 88.0 Å². The van der Waals surface area contributed by atoms with Gasteiger partial charge >= 0.3 is 11.9 Å². The number of primary amides is 1. The minimum atomic E-state index is -2.41. The quantitative estimate of drug-likeness (QED) is 0.0216. The van der Waals surface area contributed by atoms with Crippen molar-refractivity contribution in [2.24, 2.45) is 11.5 Å². The summed E-state index contributed by atoms with van der Waals surface area (Å²) < 4.78 is 20.8. The number of carbonyl (C=O) groups is 13. The summed E-state index contributed by atoms with van der Waals surface area (Å²) in [4.78, 5) is 184. The fourth-order valence-electron chi connectivity index (χ4n) is 11.3. The number of hydrogen-bond donors (Lipinski definition) is 17. The zero-order chi connectivity index (χ0) is 75.1. The molecule has 1 aliphatic rings. The van der Waals surface area contributed by atoms with E-state index in [-0.39, 0.29) is 37.8 Å². The lowest BCUT2D eigenvalue weighted by atomic mass is 9.90. The van der Waals surface area contributed by atoms with E-state index >= 15 is 4.39 Å². The molecule has 1 fully saturated rings. The van der Waals surface area contributed by atoms with E-state index in [4.69, 9.17) is 16.2 Å². The molecule has 550 valence electrons. The number of carboxylic acids is 2. The van der Waals surface area contributed by atoms with Crippen LogP contribution in [0.25, 0.3) is 11.1 Å². The Balaban J connectivity index is 1.31. The molecule has 1 aromatic heterocycles. The van der Waals surface area contributed by atoms with Crippen molar-refractivity contribution in [3.8, 4) is 16.9 Å². The number of carbonyl (C=O) groups excluding carboxylic acids is 11. The Bertz CT molecular complexity index is 3620. The van der Waals surface area contributed by atoms with Gasteiger partial charge in [0, 0.05) is 44.1 Å². The van der Waals surface area contributed by atoms with Crippen LogP contribution in [0.15, 0.2) is 79.3 Å². The number of ether oxygens (including phenoxy) is 1. The molecule has 2 heterocycles. The third-order valence-electron chi connectivity index (χ3n) is 17.0. The highest BCUT2D eigenvalue weighted by Crippen LogP contribution is 2.31. The van der Waals surface area contributed by atoms with Crippen LogP contribution in [0.1, 0.15) is 109 Å². The molecule has 0 saturated carbocycles. The average Bonchev–Trinajstić information content (AvgIpc) is 1.66. The molecule has 12 atom stereocenters. The van der Waals surface area contributed by atoms with E-state index < -0.39 is 193 Å². The maximum absolute atomic E-state index is 15.4. The standard InChI is InChI=1S/C67H91FN14O19/c1-8-13-46(56(70)91)74-58(93)48(26-37-16-18-39(19-17-37)43-21-20-42(101-7)27-38(43)9-2)75-59(94)49(29-53(89)90)76-60(95)50(33-83)77-61(96)54(35(3)84)80-64(99)66(5,30-40-14-10-11-15-44(40)68)81-62(97)55(36(4)85)79-51(86)32-72-57(92)47(22-23-52(87)88)78-65(100)67(6)24-12-25-82(67)63(98)45(69)28-41-31-71-34-73-41/h10-11,14-21,27,31,34-36,45-50,54-55,83-85H,8-9,12-13,22-26,28-30,32-33,69H2,1-7H3,(H2,70,91)(H,71,73)(H,72,92)(H,74,93)(H,75,94)(H,76,95)(H,77,96)(H,78,100)(H,79,86)(H,80,99)(H,81,97)(H,87,88)(H,89,90)/t35-,36-,45+,46+,47+,48+,49+,50+,54+,55+,66+,67+/m1/s1. The number of benzene rings is 3. The van der Waals surface area contributed by atoms with Gasteiger partial charge in [-0.1, -0.05) is 68.8 Å². The number of amides is 11. The number of carboxylic acid groups (broad SMARTS) is 2. The van der Waals surface area contributed by atoms with E-state index in [0.717, 1.165) is 43.5 Å². The van der Waals surface area contributed by atoms with E-state index in [1.54, 1.807) is 44.4 Å². The number of imidazole rings is 1. The Morgan fingerprint density at radius 2 is 1.36 bits per heavy atom. The van der Waals surface area contributed by atoms with Gasteiger partial charge < -0.3 is 99.5 Å². The first-order valence-corrected chi connectivity index (χ1v) is 32.7. The summed E-state index contributed by atoms with van der Waals surface area (Å²) in [6.07, 6.45) is -2.37. The van der Waals surface area contributed by atoms with Crippen molar-refractivity contribution in [3.63, 3.8) is 0 Å². The number of aliphatic hydroxyl groups excluding tert-OH is 3. The maximum Gasteiger partial charge on any atom is 0.305 e. The fraction of sp³-hybridized carbons (Fsp3) is 0.493. The number of aryl methyl sites for hydroxylation is 1. The molecule has 0 aliphatic carbocycles. The molecule has 1 saturated heterocycles. The highest BCUT2D eigenvalue weighted by Gasteiger charge is 2.48. The summed E-state index contributed by atoms with van der Waals surface area (Å²) in [6, 6.07) is 3.73. The predicted molar refractivity (Wildman–Crippen MR) is 358 cm³/mol. The van der Waals surface area contributed by atoms with Crippen LogP contribution in [0.3, 0.4) is 0 Å². The fourth-order valence-corrected chi connectivity index (χ4v) is 11.3. The number of nitrogens with zero attached hydrogens (tertiary/aromatic N) is 2. The number of methoxy groups -OCH3 is 1. The highest BCUT2D eigenvalue weighted by atomic mass is 19.1. The number of rotatable bonds is 39. The Hall–Kier alpha value is -10.4. The molecule has 5 rings (SSSR count). The summed E-state index contributed by atoms with van der Waals surface area (Å²) in [5, 5.41) is 72.5. The third kappa shape index (κ3) is 23.1. The lowest BCUT2D eigenvalue weighted by Gasteiger charge is -2.36. The Labute approximate surface area is 581 Å². The van der Waals surface area contributed by atoms with Gasteiger partial charge in [-0.15, -0.1) is 0 Å². The van der Waals surface area contributed by atoms with Crippen LogP contribution in [0, 0.1) is 5.82 Å². The summed E-state index contributed by atoms with van der Waals surface area (Å²) in [5.74, 6) is -15.4. The van der Waals surface area contributed by atoms with E-state index in [0.29, 0.717) is 36.3 Å². The third-order valence-corrected chi connectivity index (χ3v) is 17.0. The molecule has 4 aromatic rings. The Morgan fingerprint density at radius 1 is 0.733 bits per heavy atom. The predicted octanol–water partition coefficient (Wildman–Crippen LogP) is -2.71. The molecule has 19 N–H and O–H groups in total. The lowest BCUT2D eigenvalue weighted by Crippen LogP contribution is -2.67. The number of halogens is 1. The normalized spacial score (nSPS) is 17.0. The van der Waals surface area contributed by atoms with Crippen LogP contribution >= 0.6 is 0 Å². The number of H-pyrrole nitrogens is 1. The van der Waals surface area contributed by atoms with Gasteiger partial charge in [-0.25, -0.2) is 9.37 Å². The van der Waals surface area contributed by atoms with Crippen LogP contribution < -0.4 is 64.1 Å². The molecule has 34 heteroatoms. The molecule has 1 aliphatic heterocycles. The number of likely N-dealkylation sites (tertiary alicyclic amines) is 1. The molecule has 11 amide bonds. The number of nitrogens with two attached hydrogens (primary N) is 2. The van der Waals surface area contributed by atoms with E-state index in [2.05, 4.69) is 57.8 Å². The smallest absolute Gasteiger partial charge is 0.305 e. The van der Waals surface area contributed by atoms with Crippen molar-refractivity contribution in [1.29, 1.82) is 0 Å². The molecule has 3 aromatic carbocycles. The van der Waals surface area contributed by atoms with E-state index in [1.165, 1.54) is 42.5 Å². The SMILES string of the molecule is CCC[C@H](NC(=O)[C@H](Cc1ccc(-c2ccc(OC)cc2CC)cc1)NC(=O)[C@H](CC(=O)O)NC(=O)[C@H](CO)NC(=O)[C@@H](NC(=O)[C@](C)(Cc1ccccc1F)NC(=O)[C@@H](NC(=O)CNC(=O)[C@H](CCC(=O)O)NC(=O)[C@]1(C)CCCN1C(=O)[C@@H](N)Cc1cnc[nH]1)[C@@H](C)O)[C@@H](C)O)C(N)=O. The van der Waals surface area contributed by atoms with Crippen molar-refractivity contribution < 1.29 is 97.0 Å². The Kier molecular flexibility index (Phi) is 30.3. The number of aromatic amines is 1. The second-order valence-electron chi connectivity index (χ2n) is 25.0. The van der Waals surface area contributed by atoms with Gasteiger partial charge in [0.15, 0.2) is 0 Å². The average molecular weight is 1420 g/mol. The summed E-state index contributed by atoms with van der Waals surface area (Å²) in [5.41, 5.74) is 11.3. The van der Waals surface area contributed by atoms with Crippen molar-refractivity contribution >= 4 is 76.9 Å². The topological polar surface area (TPSA) is 525 Å². The largest absolute Gasteiger partial charge is 0.497 e. The van der Waals surface area contributed by atoms with Gasteiger partial charge in [0.05, 0.1) is 51.3 Å². The molecule has 33 nitrogen and oxygen atoms in total. The van der Waals surface area contributed by atoms with Crippen molar-refractivity contribution in [1.82, 2.24) is 62.7 Å². The monoisotopic (exact) mass is 1410 g/mol. The minimum Gasteiger partial charge on any atom is -0.497 e. The molecule has 0 unspecified atom stereocenters. The number of aliphatic carboxylic acids is 2. The minimum absolute atomic E-state index is 0.0565. The highest BCUT2D eigenvalue weighted by molar-refractivity contribution is 6.01. The molecule has 101 heavy (non-hydrogen) atoms. The van der Waals surface area contributed by atoms with Gasteiger partial charge in [-0.2, -0.15) is 0 Å². The molecular weight excluding hydrogens is 1320 g/mol. The first-order valence-electron chi connectivity index (χ1n) is 32.7. The maximum atomic E-state index is 15.4. The number of aromatic nitrogens is 2. The first-order chi connectivity index (χ1) is 47.7. The van der Waals surface area contributed by atoms with Gasteiger partial charge in [-0.05, 0) is 106 Å². The van der Waals surface area contributed by atoms with Gasteiger partial charge in [-0.3, -0.25) is 62.3 Å². The second-order valence-corrected chi connectivity index (χ2v) is 25.0. The van der Waals surface area contributed by atoms with Crippen molar-refractivity contribution in [2.45, 2.75) is 184 Å². The molecule has 0 radical (unpaired) electrons. The zero-order valence-electron chi connectivity index (χ0n) is 57.1. The number of nitrogens with one attached hydrogen (secondary N) is 10. The summed E-state index contributed by atoms with van der Waals surface area (Å²) >= 11 is 0. The number of aliphatic hydroxyl groups is 3. The Morgan fingerprint density at radius 3 is 1.94 bits per heavy atom. The van der Waals surface area contributed by atoms with E-state index in [9.17, 15) is 87.9 Å². The number of hydrogen-bond acceptors (Lipinski definition) is 19. The van der Waals surface area contributed by atoms with Crippen LogP contribution in [-0.4, -0.2) is 216 Å². The lowest BCUT2D eigenvalue weighted by molar-refractivity contribution is -0.146. The van der Waals surface area contributed by atoms with Gasteiger partial charge in [0.25, 0.3) is 0 Å². The van der Waals surface area contributed by atoms with Gasteiger partial charge in [0.2, 0.25) is 65.0 Å². The van der Waals surface area contributed by atoms with Crippen molar-refractivity contribution in [2.75, 3.05) is 26.8 Å². The first kappa shape index (κ1) is 81.2. The second kappa shape index (κ2) is 37.7. The van der Waals surface area contributed by atoms with Crippen LogP contribution in [0.4, 0.5) is 4.39 Å². The zero-order valence-corrected chi connectivity index (χ0v) is 57.1. The van der Waals surface area contributed by atoms with Crippen LogP contribution in [0.5, 0.6) is 5.75 Å². The molecule has 0 bridgehead atoms. The summed E-state index contributed by atoms with van der Waals surface area (Å²) in [6.45, 7) is 6.13. The van der Waals surface area contributed by atoms with Crippen LogP contribution in [0.2, 0.25) is 0 Å².